The molecule has 3 aromatic carbocycles. The number of aryl methyl sites for hydroxylation is 1. The maximum absolute atomic E-state index is 12.4. The molecule has 0 amide bonds. The molecule has 0 heterocycles. The molecule has 0 aliphatic rings. The molecule has 0 aliphatic heterocycles. The molecule has 0 bridgehead atoms. The summed E-state index contributed by atoms with van der Waals surface area (Å²) >= 11 is 0. The number of aromatic hydroxyl groups is 1. The summed E-state index contributed by atoms with van der Waals surface area (Å²) in [6.45, 7) is 2.61. The Morgan fingerprint density at radius 1 is 1.04 bits per heavy atom. The fraction of sp³-hybridized carbons (Fsp3) is 0.136. The van der Waals surface area contributed by atoms with Gasteiger partial charge in [-0.25, -0.2) is 8.93 Å². The minimum absolute atomic E-state index is 0.137. The van der Waals surface area contributed by atoms with Crippen molar-refractivity contribution in [3.63, 3.8) is 0 Å². The van der Waals surface area contributed by atoms with Crippen LogP contribution in [0.2, 0.25) is 0 Å². The average Bonchev–Trinajstić information content (AvgIpc) is 2.72. The molecule has 1 unspecified atom stereocenters. The van der Waals surface area contributed by atoms with E-state index in [0.717, 1.165) is 5.56 Å². The lowest BCUT2D eigenvalue weighted by molar-refractivity contribution is 0.103. The van der Waals surface area contributed by atoms with E-state index in [4.69, 9.17) is 4.74 Å². The van der Waals surface area contributed by atoms with E-state index in [2.05, 4.69) is 4.72 Å². The number of phenolic OH excluding ortho intramolecular Hbond substituents is 1. The van der Waals surface area contributed by atoms with Crippen LogP contribution in [0, 0.1) is 6.92 Å². The van der Waals surface area contributed by atoms with Crippen molar-refractivity contribution in [2.45, 2.75) is 11.8 Å². The van der Waals surface area contributed by atoms with E-state index < -0.39 is 11.0 Å². The van der Waals surface area contributed by atoms with Crippen molar-refractivity contribution < 1.29 is 18.8 Å². The van der Waals surface area contributed by atoms with Crippen LogP contribution in [0.4, 0.5) is 0 Å². The van der Waals surface area contributed by atoms with Crippen LogP contribution in [0.3, 0.4) is 0 Å². The van der Waals surface area contributed by atoms with Gasteiger partial charge in [0.05, 0.1) is 10.5 Å². The predicted molar refractivity (Wildman–Crippen MR) is 109 cm³/mol. The molecule has 0 aromatic heterocycles. The van der Waals surface area contributed by atoms with Gasteiger partial charge < -0.3 is 9.84 Å². The predicted octanol–water partition coefficient (Wildman–Crippen LogP) is 3.62. The molecule has 6 heteroatoms. The van der Waals surface area contributed by atoms with Crippen LogP contribution in [0.5, 0.6) is 11.5 Å². The molecule has 0 spiro atoms. The van der Waals surface area contributed by atoms with E-state index in [1.54, 1.807) is 30.3 Å². The Morgan fingerprint density at radius 3 is 2.43 bits per heavy atom. The molecule has 0 radical (unpaired) electrons. The maximum atomic E-state index is 12.4. The Kier molecular flexibility index (Phi) is 6.57. The molecule has 0 aliphatic carbocycles. The first-order chi connectivity index (χ1) is 13.5. The minimum Gasteiger partial charge on any atom is -0.507 e. The molecule has 2 N–H and O–H groups in total. The molecular weight excluding hydrogens is 374 g/mol. The molecule has 0 saturated carbocycles. The number of carbonyl (C=O) groups excluding carboxylic acids is 1. The Labute approximate surface area is 166 Å². The molecule has 0 saturated heterocycles. The standard InChI is InChI=1S/C22H21NO4S/c1-16-7-10-19(11-8-16)28(26)23-13-14-27-18-9-12-20(21(24)15-18)22(25)17-5-3-2-4-6-17/h2-12,15,23-24H,13-14H2,1H3. The zero-order valence-electron chi connectivity index (χ0n) is 15.4. The second kappa shape index (κ2) is 9.30. The van der Waals surface area contributed by atoms with E-state index >= 15 is 0 Å². The summed E-state index contributed by atoms with van der Waals surface area (Å²) in [4.78, 5) is 13.1. The van der Waals surface area contributed by atoms with E-state index in [-0.39, 0.29) is 23.7 Å². The number of hydrogen-bond acceptors (Lipinski definition) is 4. The SMILES string of the molecule is Cc1ccc(S(=O)NCCOc2ccc(C(=O)c3ccccc3)c(O)c2)cc1. The van der Waals surface area contributed by atoms with E-state index in [9.17, 15) is 14.1 Å². The van der Waals surface area contributed by atoms with Crippen LogP contribution in [-0.2, 0) is 11.0 Å². The molecule has 3 aromatic rings. The minimum atomic E-state index is -1.31. The van der Waals surface area contributed by atoms with Gasteiger partial charge in [-0.2, -0.15) is 0 Å². The van der Waals surface area contributed by atoms with Crippen molar-refractivity contribution >= 4 is 16.8 Å². The Hall–Kier alpha value is -2.96. The second-order valence-electron chi connectivity index (χ2n) is 6.20. The third-order valence-electron chi connectivity index (χ3n) is 4.09. The number of ketones is 1. The van der Waals surface area contributed by atoms with E-state index in [1.165, 1.54) is 12.1 Å². The van der Waals surface area contributed by atoms with Crippen molar-refractivity contribution in [1.29, 1.82) is 0 Å². The van der Waals surface area contributed by atoms with Gasteiger partial charge in [-0.15, -0.1) is 0 Å². The Morgan fingerprint density at radius 2 is 1.75 bits per heavy atom. The summed E-state index contributed by atoms with van der Waals surface area (Å²) < 4.78 is 20.6. The van der Waals surface area contributed by atoms with Gasteiger partial charge in [0, 0.05) is 18.2 Å². The molecule has 5 nitrogen and oxygen atoms in total. The highest BCUT2D eigenvalue weighted by Gasteiger charge is 2.14. The second-order valence-corrected chi connectivity index (χ2v) is 7.50. The monoisotopic (exact) mass is 395 g/mol. The number of benzene rings is 3. The highest BCUT2D eigenvalue weighted by atomic mass is 32.2. The number of nitrogens with one attached hydrogen (secondary N) is 1. The summed E-state index contributed by atoms with van der Waals surface area (Å²) in [5.74, 6) is 0.0485. The quantitative estimate of drug-likeness (QED) is 0.451. The Balaban J connectivity index is 1.53. The first-order valence-corrected chi connectivity index (χ1v) is 9.97. The van der Waals surface area contributed by atoms with Crippen LogP contribution in [0.15, 0.2) is 77.7 Å². The third-order valence-corrected chi connectivity index (χ3v) is 5.26. The molecular formula is C22H21NO4S. The average molecular weight is 395 g/mol. The normalized spacial score (nSPS) is 11.8. The van der Waals surface area contributed by atoms with E-state index in [1.807, 2.05) is 37.3 Å². The number of phenols is 1. The topological polar surface area (TPSA) is 75.6 Å². The van der Waals surface area contributed by atoms with Crippen LogP contribution < -0.4 is 9.46 Å². The van der Waals surface area contributed by atoms with E-state index in [0.29, 0.717) is 22.8 Å². The number of hydrogen-bond donors (Lipinski definition) is 2. The van der Waals surface area contributed by atoms with Gasteiger partial charge in [0.1, 0.15) is 29.1 Å². The smallest absolute Gasteiger partial charge is 0.196 e. The molecule has 1 atom stereocenters. The summed E-state index contributed by atoms with van der Waals surface area (Å²) in [7, 11) is -1.31. The summed E-state index contributed by atoms with van der Waals surface area (Å²) in [5, 5.41) is 10.2. The van der Waals surface area contributed by atoms with Crippen LogP contribution in [-0.4, -0.2) is 28.3 Å². The third kappa shape index (κ3) is 5.06. The van der Waals surface area contributed by atoms with Gasteiger partial charge in [-0.3, -0.25) is 4.79 Å². The number of ether oxygens (including phenoxy) is 1. The lowest BCUT2D eigenvalue weighted by Gasteiger charge is -2.10. The molecule has 0 fully saturated rings. The van der Waals surface area contributed by atoms with Gasteiger partial charge in [0.25, 0.3) is 0 Å². The van der Waals surface area contributed by atoms with Crippen molar-refractivity contribution in [2.75, 3.05) is 13.2 Å². The molecule has 28 heavy (non-hydrogen) atoms. The lowest BCUT2D eigenvalue weighted by Crippen LogP contribution is -2.23. The van der Waals surface area contributed by atoms with Gasteiger partial charge in [0.15, 0.2) is 5.78 Å². The van der Waals surface area contributed by atoms with Crippen LogP contribution in [0.1, 0.15) is 21.5 Å². The van der Waals surface area contributed by atoms with Crippen molar-refractivity contribution in [3.8, 4) is 11.5 Å². The molecule has 3 rings (SSSR count). The zero-order chi connectivity index (χ0) is 19.9. The highest BCUT2D eigenvalue weighted by Crippen LogP contribution is 2.25. The Bertz CT molecular complexity index is 972. The fourth-order valence-corrected chi connectivity index (χ4v) is 3.41. The number of rotatable bonds is 8. The van der Waals surface area contributed by atoms with Crippen molar-refractivity contribution in [1.82, 2.24) is 4.72 Å². The fourth-order valence-electron chi connectivity index (χ4n) is 2.59. The summed E-state index contributed by atoms with van der Waals surface area (Å²) in [5.41, 5.74) is 1.84. The van der Waals surface area contributed by atoms with Gasteiger partial charge >= 0.3 is 0 Å². The lowest BCUT2D eigenvalue weighted by atomic mass is 10.0. The van der Waals surface area contributed by atoms with Gasteiger partial charge in [-0.1, -0.05) is 48.0 Å². The maximum Gasteiger partial charge on any atom is 0.196 e. The van der Waals surface area contributed by atoms with Gasteiger partial charge in [-0.05, 0) is 31.2 Å². The number of carbonyl (C=O) groups is 1. The van der Waals surface area contributed by atoms with Crippen LogP contribution >= 0.6 is 0 Å². The first-order valence-electron chi connectivity index (χ1n) is 8.82. The van der Waals surface area contributed by atoms with Crippen molar-refractivity contribution in [2.24, 2.45) is 0 Å². The highest BCUT2D eigenvalue weighted by molar-refractivity contribution is 7.83. The zero-order valence-corrected chi connectivity index (χ0v) is 16.2. The van der Waals surface area contributed by atoms with Crippen molar-refractivity contribution in [3.05, 3.63) is 89.5 Å². The summed E-state index contributed by atoms with van der Waals surface area (Å²) in [6, 6.07) is 20.8. The van der Waals surface area contributed by atoms with Crippen LogP contribution in [0.25, 0.3) is 0 Å². The summed E-state index contributed by atoms with van der Waals surface area (Å²) in [6.07, 6.45) is 0. The first kappa shape index (κ1) is 19.8. The largest absolute Gasteiger partial charge is 0.507 e. The van der Waals surface area contributed by atoms with Gasteiger partial charge in [0.2, 0.25) is 0 Å². The molecule has 144 valence electrons.